The number of carbonyl (C=O) groups is 1. The number of primary amides is 1. The summed E-state index contributed by atoms with van der Waals surface area (Å²) in [7, 11) is 0. The minimum atomic E-state index is -4.48. The van der Waals surface area contributed by atoms with E-state index in [2.05, 4.69) is 0 Å². The molecule has 0 radical (unpaired) electrons. The zero-order valence-electron chi connectivity index (χ0n) is 9.51. The standard InChI is InChI=1S/C11H12F4N2O/c1-6-2-3-7(4-8(6)12)9(10(16)18)17-5-11(13,14)15/h2-4,9,17H,5H2,1H3,(H2,16,18). The molecule has 1 aromatic rings. The molecule has 18 heavy (non-hydrogen) atoms. The molecule has 1 aromatic carbocycles. The van der Waals surface area contributed by atoms with Crippen molar-refractivity contribution in [1.82, 2.24) is 5.32 Å². The number of nitrogens with two attached hydrogens (primary N) is 1. The number of amides is 1. The maximum atomic E-state index is 13.3. The molecular weight excluding hydrogens is 252 g/mol. The summed E-state index contributed by atoms with van der Waals surface area (Å²) in [5.74, 6) is -1.60. The van der Waals surface area contributed by atoms with Crippen molar-refractivity contribution in [3.05, 3.63) is 35.1 Å². The van der Waals surface area contributed by atoms with E-state index >= 15 is 0 Å². The van der Waals surface area contributed by atoms with Crippen LogP contribution in [-0.4, -0.2) is 18.6 Å². The van der Waals surface area contributed by atoms with Gasteiger partial charge in [-0.3, -0.25) is 10.1 Å². The summed E-state index contributed by atoms with van der Waals surface area (Å²) in [6, 6.07) is 2.35. The number of benzene rings is 1. The lowest BCUT2D eigenvalue weighted by molar-refractivity contribution is -0.130. The second kappa shape index (κ2) is 5.34. The van der Waals surface area contributed by atoms with Crippen molar-refractivity contribution in [1.29, 1.82) is 0 Å². The second-order valence-corrected chi connectivity index (χ2v) is 3.84. The molecule has 0 bridgehead atoms. The Balaban J connectivity index is 2.91. The minimum Gasteiger partial charge on any atom is -0.368 e. The zero-order chi connectivity index (χ0) is 13.9. The molecule has 0 heterocycles. The van der Waals surface area contributed by atoms with Crippen molar-refractivity contribution in [2.75, 3.05) is 6.54 Å². The van der Waals surface area contributed by atoms with Crippen LogP contribution in [0.4, 0.5) is 17.6 Å². The molecule has 0 saturated carbocycles. The molecule has 0 aliphatic heterocycles. The average molecular weight is 264 g/mol. The SMILES string of the molecule is Cc1ccc(C(NCC(F)(F)F)C(N)=O)cc1F. The summed E-state index contributed by atoms with van der Waals surface area (Å²) in [6.07, 6.45) is -4.48. The van der Waals surface area contributed by atoms with Crippen molar-refractivity contribution in [2.45, 2.75) is 19.1 Å². The number of halogens is 4. The lowest BCUT2D eigenvalue weighted by atomic mass is 10.0. The molecule has 1 amide bonds. The summed E-state index contributed by atoms with van der Waals surface area (Å²) < 4.78 is 49.4. The monoisotopic (exact) mass is 264 g/mol. The fourth-order valence-electron chi connectivity index (χ4n) is 1.39. The topological polar surface area (TPSA) is 55.1 Å². The molecule has 1 unspecified atom stereocenters. The predicted molar refractivity (Wildman–Crippen MR) is 57.1 cm³/mol. The number of alkyl halides is 3. The van der Waals surface area contributed by atoms with Crippen LogP contribution in [0.15, 0.2) is 18.2 Å². The molecule has 100 valence electrons. The quantitative estimate of drug-likeness (QED) is 0.815. The van der Waals surface area contributed by atoms with Crippen LogP contribution in [0.5, 0.6) is 0 Å². The third-order valence-electron chi connectivity index (χ3n) is 2.32. The Bertz CT molecular complexity index is 445. The van der Waals surface area contributed by atoms with E-state index in [-0.39, 0.29) is 5.56 Å². The molecule has 0 spiro atoms. The Hall–Kier alpha value is -1.63. The van der Waals surface area contributed by atoms with E-state index in [1.807, 2.05) is 5.32 Å². The number of hydrogen-bond donors (Lipinski definition) is 2. The highest BCUT2D eigenvalue weighted by atomic mass is 19.4. The average Bonchev–Trinajstić information content (AvgIpc) is 2.21. The zero-order valence-corrected chi connectivity index (χ0v) is 9.51. The largest absolute Gasteiger partial charge is 0.401 e. The van der Waals surface area contributed by atoms with Gasteiger partial charge in [0, 0.05) is 0 Å². The highest BCUT2D eigenvalue weighted by Crippen LogP contribution is 2.19. The maximum Gasteiger partial charge on any atom is 0.401 e. The first-order chi connectivity index (χ1) is 8.20. The number of nitrogens with one attached hydrogen (secondary N) is 1. The highest BCUT2D eigenvalue weighted by molar-refractivity contribution is 5.81. The van der Waals surface area contributed by atoms with E-state index in [4.69, 9.17) is 5.73 Å². The molecule has 0 fully saturated rings. The van der Waals surface area contributed by atoms with Crippen LogP contribution < -0.4 is 11.1 Å². The first-order valence-electron chi connectivity index (χ1n) is 5.06. The van der Waals surface area contributed by atoms with Crippen LogP contribution in [0, 0.1) is 12.7 Å². The Morgan fingerprint density at radius 3 is 2.50 bits per heavy atom. The van der Waals surface area contributed by atoms with Crippen molar-refractivity contribution < 1.29 is 22.4 Å². The lowest BCUT2D eigenvalue weighted by Gasteiger charge is -2.17. The first-order valence-corrected chi connectivity index (χ1v) is 5.06. The van der Waals surface area contributed by atoms with Gasteiger partial charge in [-0.05, 0) is 24.1 Å². The Labute approximate surface area is 101 Å². The number of carbonyl (C=O) groups excluding carboxylic acids is 1. The van der Waals surface area contributed by atoms with E-state index in [9.17, 15) is 22.4 Å². The molecule has 3 nitrogen and oxygen atoms in total. The summed E-state index contributed by atoms with van der Waals surface area (Å²) in [4.78, 5) is 11.1. The van der Waals surface area contributed by atoms with Crippen LogP contribution in [0.1, 0.15) is 17.2 Å². The number of aryl methyl sites for hydroxylation is 1. The van der Waals surface area contributed by atoms with E-state index in [1.54, 1.807) is 0 Å². The van der Waals surface area contributed by atoms with Gasteiger partial charge >= 0.3 is 6.18 Å². The van der Waals surface area contributed by atoms with Crippen molar-refractivity contribution >= 4 is 5.91 Å². The summed E-state index contributed by atoms with van der Waals surface area (Å²) >= 11 is 0. The van der Waals surface area contributed by atoms with Gasteiger partial charge < -0.3 is 5.73 Å². The fourth-order valence-corrected chi connectivity index (χ4v) is 1.39. The molecule has 7 heteroatoms. The Morgan fingerprint density at radius 1 is 1.44 bits per heavy atom. The van der Waals surface area contributed by atoms with Gasteiger partial charge in [-0.1, -0.05) is 12.1 Å². The molecular formula is C11H12F4N2O. The van der Waals surface area contributed by atoms with Gasteiger partial charge in [-0.2, -0.15) is 13.2 Å². The minimum absolute atomic E-state index is 0.0647. The van der Waals surface area contributed by atoms with Gasteiger partial charge in [0.1, 0.15) is 11.9 Å². The van der Waals surface area contributed by atoms with Crippen LogP contribution in [0.25, 0.3) is 0 Å². The molecule has 1 rings (SSSR count). The molecule has 0 aliphatic carbocycles. The Morgan fingerprint density at radius 2 is 2.06 bits per heavy atom. The van der Waals surface area contributed by atoms with Crippen LogP contribution in [-0.2, 0) is 4.79 Å². The highest BCUT2D eigenvalue weighted by Gasteiger charge is 2.30. The van der Waals surface area contributed by atoms with Crippen molar-refractivity contribution in [3.8, 4) is 0 Å². The van der Waals surface area contributed by atoms with Crippen molar-refractivity contribution in [2.24, 2.45) is 5.73 Å². The lowest BCUT2D eigenvalue weighted by Crippen LogP contribution is -2.39. The van der Waals surface area contributed by atoms with Gasteiger partial charge in [0.15, 0.2) is 0 Å². The maximum absolute atomic E-state index is 13.3. The molecule has 0 aromatic heterocycles. The van der Waals surface area contributed by atoms with Crippen LogP contribution in [0.3, 0.4) is 0 Å². The van der Waals surface area contributed by atoms with E-state index < -0.39 is 30.5 Å². The van der Waals surface area contributed by atoms with Gasteiger partial charge in [0.25, 0.3) is 0 Å². The predicted octanol–water partition coefficient (Wildman–Crippen LogP) is 1.81. The second-order valence-electron chi connectivity index (χ2n) is 3.84. The molecule has 0 saturated heterocycles. The summed E-state index contributed by atoms with van der Waals surface area (Å²) in [6.45, 7) is 0.123. The van der Waals surface area contributed by atoms with Gasteiger partial charge in [-0.25, -0.2) is 4.39 Å². The van der Waals surface area contributed by atoms with Crippen LogP contribution >= 0.6 is 0 Å². The third-order valence-corrected chi connectivity index (χ3v) is 2.32. The van der Waals surface area contributed by atoms with E-state index in [1.165, 1.54) is 19.1 Å². The Kier molecular flexibility index (Phi) is 4.28. The van der Waals surface area contributed by atoms with Crippen LogP contribution in [0.2, 0.25) is 0 Å². The number of rotatable bonds is 4. The molecule has 0 aliphatic rings. The fraction of sp³-hybridized carbons (Fsp3) is 0.364. The van der Waals surface area contributed by atoms with E-state index in [0.29, 0.717) is 5.56 Å². The first kappa shape index (κ1) is 14.4. The molecule has 1 atom stereocenters. The summed E-state index contributed by atoms with van der Waals surface area (Å²) in [5, 5.41) is 1.96. The third kappa shape index (κ3) is 3.99. The normalized spacial score (nSPS) is 13.4. The van der Waals surface area contributed by atoms with Gasteiger partial charge in [0.05, 0.1) is 6.54 Å². The van der Waals surface area contributed by atoms with Gasteiger partial charge in [0.2, 0.25) is 5.91 Å². The van der Waals surface area contributed by atoms with Crippen molar-refractivity contribution in [3.63, 3.8) is 0 Å². The van der Waals surface area contributed by atoms with E-state index in [0.717, 1.165) is 6.07 Å². The smallest absolute Gasteiger partial charge is 0.368 e. The molecule has 3 N–H and O–H groups in total. The summed E-state index contributed by atoms with van der Waals surface area (Å²) in [5.41, 5.74) is 5.39. The van der Waals surface area contributed by atoms with Gasteiger partial charge in [-0.15, -0.1) is 0 Å². The number of hydrogen-bond acceptors (Lipinski definition) is 2.